The van der Waals surface area contributed by atoms with Crippen LogP contribution in [0.15, 0.2) is 37.0 Å². The zero-order chi connectivity index (χ0) is 32.8. The Bertz CT molecular complexity index is 1790. The summed E-state index contributed by atoms with van der Waals surface area (Å²) >= 11 is 0. The lowest BCUT2D eigenvalue weighted by atomic mass is 10.1. The van der Waals surface area contributed by atoms with Gasteiger partial charge in [0.25, 0.3) is 0 Å². The van der Waals surface area contributed by atoms with E-state index in [1.54, 1.807) is 12.7 Å². The Hall–Kier alpha value is -5.28. The lowest BCUT2D eigenvalue weighted by Crippen LogP contribution is -2.17. The van der Waals surface area contributed by atoms with Gasteiger partial charge in [-0.2, -0.15) is 19.9 Å². The number of nitrogen functional groups attached to an aromatic ring is 2. The number of nitrogens with zero attached hydrogens (tertiary/aromatic N) is 8. The highest BCUT2D eigenvalue weighted by atomic mass is 16.5. The maximum absolute atomic E-state index is 12.5. The van der Waals surface area contributed by atoms with Gasteiger partial charge in [0.15, 0.2) is 34.0 Å². The molecule has 4 aromatic rings. The number of anilines is 4. The molecule has 250 valence electrons. The van der Waals surface area contributed by atoms with Crippen LogP contribution in [-0.2, 0) is 19.1 Å². The molecule has 0 saturated heterocycles. The average molecular weight is 655 g/mol. The lowest BCUT2D eigenvalue weighted by molar-refractivity contribution is -0.151. The summed E-state index contributed by atoms with van der Waals surface area (Å²) in [5.41, 5.74) is 14.7. The van der Waals surface area contributed by atoms with Gasteiger partial charge >= 0.3 is 11.9 Å². The number of allylic oxidation sites excluding steroid dienone is 2. The Labute approximate surface area is 275 Å². The zero-order valence-electron chi connectivity index (χ0n) is 26.4. The molecule has 4 aromatic heterocycles. The second-order valence-electron chi connectivity index (χ2n) is 13.1. The molecule has 0 spiro atoms. The predicted octanol–water partition coefficient (Wildman–Crippen LogP) is 3.08. The van der Waals surface area contributed by atoms with E-state index in [0.717, 1.165) is 38.5 Å². The molecule has 0 unspecified atom stereocenters. The molecule has 16 heteroatoms. The first-order valence-electron chi connectivity index (χ1n) is 16.6. The van der Waals surface area contributed by atoms with Crippen molar-refractivity contribution in [2.24, 2.45) is 11.8 Å². The molecule has 16 nitrogen and oxygen atoms in total. The first-order chi connectivity index (χ1) is 23.4. The van der Waals surface area contributed by atoms with Crippen molar-refractivity contribution in [3.63, 3.8) is 0 Å². The summed E-state index contributed by atoms with van der Waals surface area (Å²) in [6.07, 6.45) is 17.5. The summed E-state index contributed by atoms with van der Waals surface area (Å²) < 4.78 is 15.0. The van der Waals surface area contributed by atoms with Crippen LogP contribution in [-0.4, -0.2) is 76.3 Å². The van der Waals surface area contributed by atoms with Crippen LogP contribution >= 0.6 is 0 Å². The SMILES string of the molecule is Nc1nc(NC2CC2)c2ncn([C@H]3C=C[C@@H](COC(=O)CCC(=O)OC[C@@H]4C=C[C@H](n5cnc6c(NC7CC7)nc(N)nc65)C4)C3)c2n1. The van der Waals surface area contributed by atoms with Crippen LogP contribution in [0.3, 0.4) is 0 Å². The van der Waals surface area contributed by atoms with Gasteiger partial charge in [-0.3, -0.25) is 9.59 Å². The maximum Gasteiger partial charge on any atom is 0.306 e. The van der Waals surface area contributed by atoms with Crippen molar-refractivity contribution in [2.45, 2.75) is 75.5 Å². The summed E-state index contributed by atoms with van der Waals surface area (Å²) in [7, 11) is 0. The molecule has 4 atom stereocenters. The molecular weight excluding hydrogens is 616 g/mol. The normalized spacial score (nSPS) is 23.2. The Morgan fingerprint density at radius 1 is 0.688 bits per heavy atom. The Morgan fingerprint density at radius 3 is 1.54 bits per heavy atom. The molecule has 0 amide bonds. The number of ether oxygens (including phenoxy) is 2. The Balaban J connectivity index is 0.766. The molecule has 0 aliphatic heterocycles. The van der Waals surface area contributed by atoms with Crippen LogP contribution in [0.4, 0.5) is 23.5 Å². The Morgan fingerprint density at radius 2 is 1.12 bits per heavy atom. The third kappa shape index (κ3) is 6.46. The molecule has 0 bridgehead atoms. The summed E-state index contributed by atoms with van der Waals surface area (Å²) in [6, 6.07) is 0.822. The molecule has 6 N–H and O–H groups in total. The largest absolute Gasteiger partial charge is 0.465 e. The second kappa shape index (κ2) is 12.4. The molecule has 4 heterocycles. The van der Waals surface area contributed by atoms with E-state index < -0.39 is 11.9 Å². The monoisotopic (exact) mass is 654 g/mol. The number of aromatic nitrogens is 8. The summed E-state index contributed by atoms with van der Waals surface area (Å²) in [6.45, 7) is 0.454. The number of hydrogen-bond acceptors (Lipinski definition) is 14. The first kappa shape index (κ1) is 30.1. The van der Waals surface area contributed by atoms with E-state index in [1.807, 2.05) is 21.3 Å². The van der Waals surface area contributed by atoms with Crippen LogP contribution in [0.2, 0.25) is 0 Å². The third-order valence-electron chi connectivity index (χ3n) is 9.18. The zero-order valence-corrected chi connectivity index (χ0v) is 26.4. The van der Waals surface area contributed by atoms with Crippen molar-refractivity contribution < 1.29 is 19.1 Å². The predicted molar refractivity (Wildman–Crippen MR) is 176 cm³/mol. The molecule has 48 heavy (non-hydrogen) atoms. The highest BCUT2D eigenvalue weighted by Crippen LogP contribution is 2.35. The van der Waals surface area contributed by atoms with Crippen LogP contribution in [0.5, 0.6) is 0 Å². The van der Waals surface area contributed by atoms with Crippen molar-refractivity contribution >= 4 is 57.8 Å². The summed E-state index contributed by atoms with van der Waals surface area (Å²) in [4.78, 5) is 51.6. The van der Waals surface area contributed by atoms with Crippen molar-refractivity contribution in [2.75, 3.05) is 35.3 Å². The summed E-state index contributed by atoms with van der Waals surface area (Å²) in [5, 5.41) is 6.76. The van der Waals surface area contributed by atoms with Gasteiger partial charge in [-0.15, -0.1) is 0 Å². The molecule has 2 saturated carbocycles. The number of hydrogen-bond donors (Lipinski definition) is 4. The highest BCUT2D eigenvalue weighted by molar-refractivity contribution is 5.85. The fourth-order valence-electron chi connectivity index (χ4n) is 6.31. The van der Waals surface area contributed by atoms with E-state index in [9.17, 15) is 9.59 Å². The number of rotatable bonds is 13. The molecule has 0 radical (unpaired) electrons. The van der Waals surface area contributed by atoms with Gasteiger partial charge in [-0.1, -0.05) is 24.3 Å². The van der Waals surface area contributed by atoms with Crippen molar-refractivity contribution in [1.82, 2.24) is 39.0 Å². The average Bonchev–Trinajstić information content (AvgIpc) is 3.80. The van der Waals surface area contributed by atoms with E-state index in [2.05, 4.69) is 52.7 Å². The van der Waals surface area contributed by atoms with Gasteiger partial charge in [0.05, 0.1) is 50.8 Å². The second-order valence-corrected chi connectivity index (χ2v) is 13.1. The smallest absolute Gasteiger partial charge is 0.306 e. The topological polar surface area (TPSA) is 216 Å². The van der Waals surface area contributed by atoms with Crippen LogP contribution in [0.25, 0.3) is 22.3 Å². The quantitative estimate of drug-likeness (QED) is 0.120. The van der Waals surface area contributed by atoms with E-state index >= 15 is 0 Å². The standard InChI is InChI=1S/C32H38N12O4/c33-31-39-27(37-19-3-4-19)25-29(41-31)43(15-35-25)21-7-1-17(11-21)13-47-23(45)9-10-24(46)48-14-18-2-8-22(12-18)44-16-36-26-28(38-20-5-6-20)40-32(34)42-30(26)44/h1-2,7-8,15-22H,3-6,9-14H2,(H3,33,37,39,41)(H3,34,38,40,42)/t17-,18-,21+,22+/m1/s1. The van der Waals surface area contributed by atoms with E-state index in [1.165, 1.54) is 0 Å². The Kier molecular flexibility index (Phi) is 7.76. The van der Waals surface area contributed by atoms with Gasteiger partial charge in [0.1, 0.15) is 0 Å². The minimum Gasteiger partial charge on any atom is -0.465 e. The van der Waals surface area contributed by atoms with E-state index in [0.29, 0.717) is 46.0 Å². The number of carbonyl (C=O) groups is 2. The molecular formula is C32H38N12O4. The van der Waals surface area contributed by atoms with Gasteiger partial charge in [-0.05, 0) is 38.5 Å². The van der Waals surface area contributed by atoms with Gasteiger partial charge < -0.3 is 40.7 Å². The molecule has 0 aromatic carbocycles. The lowest BCUT2D eigenvalue weighted by Gasteiger charge is -2.15. The number of esters is 2. The number of nitrogens with two attached hydrogens (primary N) is 2. The molecule has 4 aliphatic rings. The molecule has 4 aliphatic carbocycles. The maximum atomic E-state index is 12.5. The number of carbonyl (C=O) groups excluding carboxylic acids is 2. The van der Waals surface area contributed by atoms with Crippen LogP contribution in [0, 0.1) is 11.8 Å². The van der Waals surface area contributed by atoms with Gasteiger partial charge in [0, 0.05) is 23.9 Å². The van der Waals surface area contributed by atoms with Crippen molar-refractivity contribution in [3.05, 3.63) is 37.0 Å². The number of nitrogens with one attached hydrogen (secondary N) is 2. The number of fused-ring (bicyclic) bond motifs is 2. The van der Waals surface area contributed by atoms with Gasteiger partial charge in [-0.25, -0.2) is 9.97 Å². The van der Waals surface area contributed by atoms with Gasteiger partial charge in [0.2, 0.25) is 11.9 Å². The molecule has 2 fully saturated rings. The van der Waals surface area contributed by atoms with E-state index in [-0.39, 0.29) is 61.9 Å². The first-order valence-corrected chi connectivity index (χ1v) is 16.6. The van der Waals surface area contributed by atoms with Crippen molar-refractivity contribution in [1.29, 1.82) is 0 Å². The number of imidazole rings is 2. The highest BCUT2D eigenvalue weighted by Gasteiger charge is 2.29. The molecule has 8 rings (SSSR count). The fraction of sp³-hybridized carbons (Fsp3) is 0.500. The minimum absolute atomic E-state index is 0.00157. The van der Waals surface area contributed by atoms with E-state index in [4.69, 9.17) is 20.9 Å². The minimum atomic E-state index is -0.433. The fourth-order valence-corrected chi connectivity index (χ4v) is 6.31. The third-order valence-corrected chi connectivity index (χ3v) is 9.18. The summed E-state index contributed by atoms with van der Waals surface area (Å²) in [5.74, 6) is 0.915. The van der Waals surface area contributed by atoms with Crippen molar-refractivity contribution in [3.8, 4) is 0 Å². The van der Waals surface area contributed by atoms with Crippen LogP contribution < -0.4 is 22.1 Å². The van der Waals surface area contributed by atoms with Crippen LogP contribution in [0.1, 0.15) is 63.5 Å².